The van der Waals surface area contributed by atoms with Gasteiger partial charge in [0.1, 0.15) is 12.3 Å². The molecule has 0 spiro atoms. The van der Waals surface area contributed by atoms with Gasteiger partial charge in [-0.25, -0.2) is 0 Å². The van der Waals surface area contributed by atoms with Crippen molar-refractivity contribution in [2.45, 2.75) is 20.4 Å². The Morgan fingerprint density at radius 2 is 1.89 bits per heavy atom. The maximum atomic E-state index is 12.3. The Morgan fingerprint density at radius 3 is 2.59 bits per heavy atom. The van der Waals surface area contributed by atoms with Crippen LogP contribution < -0.4 is 9.54 Å². The Bertz CT molecular complexity index is 1050. The number of para-hydroxylation sites is 1. The van der Waals surface area contributed by atoms with E-state index in [9.17, 15) is 9.59 Å². The Hall–Kier alpha value is -2.93. The molecule has 0 unspecified atom stereocenters. The van der Waals surface area contributed by atoms with Gasteiger partial charge in [0.05, 0.1) is 17.3 Å². The fourth-order valence-corrected chi connectivity index (χ4v) is 4.04. The molecule has 1 amide bonds. The molecule has 0 aliphatic heterocycles. The number of hydrogen-bond acceptors (Lipinski definition) is 5. The summed E-state index contributed by atoms with van der Waals surface area (Å²) in [7, 11) is 1.34. The van der Waals surface area contributed by atoms with E-state index in [0.29, 0.717) is 10.6 Å². The van der Waals surface area contributed by atoms with Crippen molar-refractivity contribution in [3.05, 3.63) is 58.4 Å². The molecule has 0 bridgehead atoms. The summed E-state index contributed by atoms with van der Waals surface area (Å²) in [6.07, 6.45) is 0. The van der Waals surface area contributed by atoms with Gasteiger partial charge in [0, 0.05) is 0 Å². The second-order valence-corrected chi connectivity index (χ2v) is 7.09. The van der Waals surface area contributed by atoms with E-state index in [1.165, 1.54) is 18.4 Å². The number of fused-ring (bicyclic) bond motifs is 1. The number of aromatic nitrogens is 1. The highest BCUT2D eigenvalue weighted by molar-refractivity contribution is 7.16. The molecule has 7 heteroatoms. The fraction of sp³-hybridized carbons (Fsp3) is 0.250. The molecule has 0 atom stereocenters. The predicted octanol–water partition coefficient (Wildman–Crippen LogP) is 3.00. The van der Waals surface area contributed by atoms with Crippen LogP contribution in [-0.4, -0.2) is 30.2 Å². The van der Waals surface area contributed by atoms with E-state index in [1.54, 1.807) is 16.7 Å². The standard InChI is InChI=1S/C20H20N2O4S/c1-13-9-14(2)19-16(10-13)27-20(22(19)11-18(24)25-3)21-17(23)12-26-15-7-5-4-6-8-15/h4-10H,11-12H2,1-3H3. The van der Waals surface area contributed by atoms with Gasteiger partial charge in [-0.05, 0) is 43.2 Å². The van der Waals surface area contributed by atoms with Crippen molar-refractivity contribution in [2.75, 3.05) is 13.7 Å². The maximum absolute atomic E-state index is 12.3. The van der Waals surface area contributed by atoms with Crippen LogP contribution in [0, 0.1) is 13.8 Å². The maximum Gasteiger partial charge on any atom is 0.325 e. The highest BCUT2D eigenvalue weighted by Gasteiger charge is 2.14. The second kappa shape index (κ2) is 8.18. The first-order valence-corrected chi connectivity index (χ1v) is 9.22. The first-order chi connectivity index (χ1) is 13.0. The van der Waals surface area contributed by atoms with Crippen LogP contribution in [-0.2, 0) is 20.9 Å². The van der Waals surface area contributed by atoms with Crippen molar-refractivity contribution in [3.8, 4) is 5.75 Å². The first-order valence-electron chi connectivity index (χ1n) is 8.40. The average molecular weight is 384 g/mol. The van der Waals surface area contributed by atoms with Crippen molar-refractivity contribution in [1.29, 1.82) is 0 Å². The Kier molecular flexibility index (Phi) is 5.71. The minimum absolute atomic E-state index is 0.00788. The zero-order valence-electron chi connectivity index (χ0n) is 15.4. The highest BCUT2D eigenvalue weighted by Crippen LogP contribution is 2.23. The lowest BCUT2D eigenvalue weighted by Crippen LogP contribution is -2.23. The second-order valence-electron chi connectivity index (χ2n) is 6.08. The van der Waals surface area contributed by atoms with Gasteiger partial charge in [-0.1, -0.05) is 35.6 Å². The van der Waals surface area contributed by atoms with Crippen LogP contribution in [0.2, 0.25) is 0 Å². The Morgan fingerprint density at radius 1 is 1.15 bits per heavy atom. The highest BCUT2D eigenvalue weighted by atomic mass is 32.1. The number of thiazole rings is 1. The van der Waals surface area contributed by atoms with Crippen LogP contribution in [0.5, 0.6) is 5.75 Å². The number of carbonyl (C=O) groups excluding carboxylic acids is 2. The number of nitrogens with zero attached hydrogens (tertiary/aromatic N) is 2. The topological polar surface area (TPSA) is 69.9 Å². The van der Waals surface area contributed by atoms with E-state index < -0.39 is 11.9 Å². The molecule has 2 aromatic carbocycles. The Balaban J connectivity index is 1.97. The van der Waals surface area contributed by atoms with Crippen LogP contribution in [0.1, 0.15) is 11.1 Å². The van der Waals surface area contributed by atoms with E-state index in [1.807, 2.05) is 44.2 Å². The van der Waals surface area contributed by atoms with Gasteiger partial charge in [0.2, 0.25) is 0 Å². The van der Waals surface area contributed by atoms with Crippen LogP contribution in [0.4, 0.5) is 0 Å². The first kappa shape index (κ1) is 18.8. The molecule has 0 N–H and O–H groups in total. The summed E-state index contributed by atoms with van der Waals surface area (Å²) in [5, 5.41) is 0. The van der Waals surface area contributed by atoms with Gasteiger partial charge in [-0.3, -0.25) is 9.59 Å². The van der Waals surface area contributed by atoms with E-state index in [2.05, 4.69) is 4.99 Å². The number of esters is 1. The van der Waals surface area contributed by atoms with Crippen molar-refractivity contribution >= 4 is 33.4 Å². The number of carbonyl (C=O) groups is 2. The normalized spacial score (nSPS) is 11.6. The number of ether oxygens (including phenoxy) is 2. The largest absolute Gasteiger partial charge is 0.484 e. The third kappa shape index (κ3) is 4.43. The van der Waals surface area contributed by atoms with Crippen LogP contribution in [0.15, 0.2) is 47.5 Å². The molecular formula is C20H20N2O4S. The molecule has 0 aliphatic rings. The molecule has 140 valence electrons. The van der Waals surface area contributed by atoms with Crippen molar-refractivity contribution < 1.29 is 19.1 Å². The average Bonchev–Trinajstić information content (AvgIpc) is 2.97. The minimum atomic E-state index is -0.418. The zero-order chi connectivity index (χ0) is 19.4. The van der Waals surface area contributed by atoms with E-state index in [0.717, 1.165) is 21.3 Å². The van der Waals surface area contributed by atoms with Gasteiger partial charge in [0.25, 0.3) is 5.91 Å². The molecular weight excluding hydrogens is 364 g/mol. The molecule has 6 nitrogen and oxygen atoms in total. The number of hydrogen-bond donors (Lipinski definition) is 0. The van der Waals surface area contributed by atoms with Crippen molar-refractivity contribution in [1.82, 2.24) is 4.57 Å². The summed E-state index contributed by atoms with van der Waals surface area (Å²) in [6, 6.07) is 13.1. The Labute approximate surface area is 160 Å². The summed E-state index contributed by atoms with van der Waals surface area (Å²) >= 11 is 1.37. The lowest BCUT2D eigenvalue weighted by Gasteiger charge is -2.07. The molecule has 3 rings (SSSR count). The molecule has 0 aliphatic carbocycles. The molecule has 0 saturated heterocycles. The molecule has 0 fully saturated rings. The summed E-state index contributed by atoms with van der Waals surface area (Å²) in [6.45, 7) is 3.80. The molecule has 0 radical (unpaired) electrons. The molecule has 1 aromatic heterocycles. The number of amides is 1. The third-order valence-corrected chi connectivity index (χ3v) is 4.98. The minimum Gasteiger partial charge on any atom is -0.484 e. The molecule has 3 aromatic rings. The van der Waals surface area contributed by atoms with Gasteiger partial charge in [0.15, 0.2) is 11.4 Å². The van der Waals surface area contributed by atoms with Crippen LogP contribution in [0.25, 0.3) is 10.2 Å². The van der Waals surface area contributed by atoms with Crippen molar-refractivity contribution in [3.63, 3.8) is 0 Å². The van der Waals surface area contributed by atoms with E-state index in [-0.39, 0.29) is 13.2 Å². The van der Waals surface area contributed by atoms with Crippen molar-refractivity contribution in [2.24, 2.45) is 4.99 Å². The smallest absolute Gasteiger partial charge is 0.325 e. The van der Waals surface area contributed by atoms with Gasteiger partial charge < -0.3 is 14.0 Å². The summed E-state index contributed by atoms with van der Waals surface area (Å²) in [5.74, 6) is -0.214. The summed E-state index contributed by atoms with van der Waals surface area (Å²) < 4.78 is 12.9. The van der Waals surface area contributed by atoms with Gasteiger partial charge >= 0.3 is 5.97 Å². The van der Waals surface area contributed by atoms with E-state index in [4.69, 9.17) is 9.47 Å². The number of rotatable bonds is 5. The molecule has 27 heavy (non-hydrogen) atoms. The predicted molar refractivity (Wildman–Crippen MR) is 104 cm³/mol. The third-order valence-electron chi connectivity index (χ3n) is 3.95. The number of benzene rings is 2. The molecule has 1 heterocycles. The summed E-state index contributed by atoms with van der Waals surface area (Å²) in [4.78, 5) is 28.8. The lowest BCUT2D eigenvalue weighted by molar-refractivity contribution is -0.141. The van der Waals surface area contributed by atoms with Gasteiger partial charge in [-0.15, -0.1) is 0 Å². The van der Waals surface area contributed by atoms with Gasteiger partial charge in [-0.2, -0.15) is 4.99 Å². The number of aryl methyl sites for hydroxylation is 2. The zero-order valence-corrected chi connectivity index (χ0v) is 16.2. The van der Waals surface area contributed by atoms with Crippen LogP contribution >= 0.6 is 11.3 Å². The number of methoxy groups -OCH3 is 1. The summed E-state index contributed by atoms with van der Waals surface area (Å²) in [5.41, 5.74) is 3.00. The van der Waals surface area contributed by atoms with E-state index >= 15 is 0 Å². The fourth-order valence-electron chi connectivity index (χ4n) is 2.82. The molecule has 0 saturated carbocycles. The van der Waals surface area contributed by atoms with Crippen LogP contribution in [0.3, 0.4) is 0 Å². The lowest BCUT2D eigenvalue weighted by atomic mass is 10.1. The quantitative estimate of drug-likeness (QED) is 0.634. The SMILES string of the molecule is COC(=O)Cn1c(=NC(=O)COc2ccccc2)sc2cc(C)cc(C)c21. The monoisotopic (exact) mass is 384 g/mol.